The van der Waals surface area contributed by atoms with E-state index < -0.39 is 5.97 Å². The number of methoxy groups -OCH3 is 1. The molecular weight excluding hydrogens is 270 g/mol. The lowest BCUT2D eigenvalue weighted by molar-refractivity contribution is 0.0603. The minimum Gasteiger partial charge on any atom is -0.465 e. The number of hydrogen-bond acceptors (Lipinski definition) is 5. The third-order valence-corrected chi connectivity index (χ3v) is 3.76. The zero-order valence-electron chi connectivity index (χ0n) is 11.9. The number of likely N-dealkylation sites (tertiary alicyclic amines) is 1. The van der Waals surface area contributed by atoms with Gasteiger partial charge < -0.3 is 9.72 Å². The Labute approximate surface area is 121 Å². The summed E-state index contributed by atoms with van der Waals surface area (Å²) in [6.07, 6.45) is 2.37. The van der Waals surface area contributed by atoms with Crippen molar-refractivity contribution in [2.45, 2.75) is 19.4 Å². The van der Waals surface area contributed by atoms with Crippen LogP contribution in [0.5, 0.6) is 0 Å². The van der Waals surface area contributed by atoms with E-state index in [0.29, 0.717) is 17.9 Å². The summed E-state index contributed by atoms with van der Waals surface area (Å²) in [7, 11) is 1.30. The van der Waals surface area contributed by atoms with Gasteiger partial charge in [-0.2, -0.15) is 0 Å². The molecule has 1 aliphatic heterocycles. The first-order valence-corrected chi connectivity index (χ1v) is 7.01. The monoisotopic (exact) mass is 287 g/mol. The summed E-state index contributed by atoms with van der Waals surface area (Å²) in [5.41, 5.74) is 0.475. The predicted octanol–water partition coefficient (Wildman–Crippen LogP) is 1.31. The molecule has 1 aliphatic rings. The van der Waals surface area contributed by atoms with Gasteiger partial charge in [-0.25, -0.2) is 9.78 Å². The molecule has 0 unspecified atom stereocenters. The molecule has 0 amide bonds. The molecule has 21 heavy (non-hydrogen) atoms. The first-order chi connectivity index (χ1) is 10.2. The van der Waals surface area contributed by atoms with E-state index in [-0.39, 0.29) is 16.5 Å². The highest BCUT2D eigenvalue weighted by Gasteiger charge is 2.17. The van der Waals surface area contributed by atoms with Gasteiger partial charge in [-0.15, -0.1) is 0 Å². The highest BCUT2D eigenvalue weighted by Crippen LogP contribution is 2.15. The van der Waals surface area contributed by atoms with Gasteiger partial charge >= 0.3 is 5.97 Å². The van der Waals surface area contributed by atoms with Crippen LogP contribution in [0.3, 0.4) is 0 Å². The Bertz CT molecular complexity index is 733. The lowest BCUT2D eigenvalue weighted by Gasteiger charge is -2.14. The second kappa shape index (κ2) is 5.65. The summed E-state index contributed by atoms with van der Waals surface area (Å²) in [6.45, 7) is 2.70. The van der Waals surface area contributed by atoms with Crippen LogP contribution in [0.2, 0.25) is 0 Å². The van der Waals surface area contributed by atoms with Crippen molar-refractivity contribution >= 4 is 16.9 Å². The molecule has 2 heterocycles. The van der Waals surface area contributed by atoms with Gasteiger partial charge in [-0.05, 0) is 38.1 Å². The lowest BCUT2D eigenvalue weighted by Crippen LogP contribution is -2.23. The van der Waals surface area contributed by atoms with Crippen LogP contribution >= 0.6 is 0 Å². The average Bonchev–Trinajstić information content (AvgIpc) is 2.98. The highest BCUT2D eigenvalue weighted by atomic mass is 16.5. The number of aromatic nitrogens is 2. The number of fused-ring (bicyclic) bond motifs is 1. The van der Waals surface area contributed by atoms with Crippen LogP contribution in [0, 0.1) is 0 Å². The predicted molar refractivity (Wildman–Crippen MR) is 78.2 cm³/mol. The van der Waals surface area contributed by atoms with Gasteiger partial charge in [0, 0.05) is 0 Å². The van der Waals surface area contributed by atoms with E-state index in [1.165, 1.54) is 20.0 Å². The number of benzene rings is 1. The standard InChI is InChI=1S/C15H17N3O3/c1-21-15(20)10-5-4-6-11-13(10)14(19)17-12(16-11)9-18-7-2-3-8-18/h4-6H,2-3,7-9H2,1H3,(H,16,17,19). The van der Waals surface area contributed by atoms with Gasteiger partial charge in [0.1, 0.15) is 5.82 Å². The fraction of sp³-hybridized carbons (Fsp3) is 0.400. The number of rotatable bonds is 3. The van der Waals surface area contributed by atoms with Gasteiger partial charge in [0.2, 0.25) is 0 Å². The minimum atomic E-state index is -0.528. The molecule has 1 fully saturated rings. The van der Waals surface area contributed by atoms with Crippen molar-refractivity contribution in [3.8, 4) is 0 Å². The first kappa shape index (κ1) is 13.8. The summed E-state index contributed by atoms with van der Waals surface area (Å²) in [5.74, 6) is 0.108. The Balaban J connectivity index is 2.04. The maximum absolute atomic E-state index is 12.3. The lowest BCUT2D eigenvalue weighted by atomic mass is 10.1. The van der Waals surface area contributed by atoms with E-state index in [2.05, 4.69) is 14.9 Å². The highest BCUT2D eigenvalue weighted by molar-refractivity contribution is 6.02. The van der Waals surface area contributed by atoms with Crippen molar-refractivity contribution in [3.05, 3.63) is 39.9 Å². The molecule has 0 bridgehead atoms. The Morgan fingerprint density at radius 2 is 2.14 bits per heavy atom. The molecule has 0 saturated carbocycles. The molecule has 1 N–H and O–H groups in total. The van der Waals surface area contributed by atoms with E-state index in [0.717, 1.165) is 13.1 Å². The zero-order valence-corrected chi connectivity index (χ0v) is 11.9. The van der Waals surface area contributed by atoms with E-state index in [4.69, 9.17) is 4.74 Å². The Hall–Kier alpha value is -2.21. The van der Waals surface area contributed by atoms with Gasteiger partial charge in [0.15, 0.2) is 0 Å². The van der Waals surface area contributed by atoms with Crippen LogP contribution in [0.4, 0.5) is 0 Å². The molecule has 1 aromatic carbocycles. The second-order valence-electron chi connectivity index (χ2n) is 5.19. The maximum atomic E-state index is 12.3. The Morgan fingerprint density at radius 1 is 1.38 bits per heavy atom. The van der Waals surface area contributed by atoms with E-state index in [1.54, 1.807) is 18.2 Å². The van der Waals surface area contributed by atoms with Crippen molar-refractivity contribution < 1.29 is 9.53 Å². The Kier molecular flexibility index (Phi) is 3.70. The second-order valence-corrected chi connectivity index (χ2v) is 5.19. The van der Waals surface area contributed by atoms with E-state index in [9.17, 15) is 9.59 Å². The number of ether oxygens (including phenoxy) is 1. The SMILES string of the molecule is COC(=O)c1cccc2nc(CN3CCCC3)[nH]c(=O)c12. The number of hydrogen-bond donors (Lipinski definition) is 1. The number of carbonyl (C=O) groups is 1. The normalized spacial score (nSPS) is 15.5. The van der Waals surface area contributed by atoms with Crippen molar-refractivity contribution in [2.24, 2.45) is 0 Å². The number of aromatic amines is 1. The smallest absolute Gasteiger partial charge is 0.338 e. The quantitative estimate of drug-likeness (QED) is 0.861. The number of esters is 1. The molecule has 110 valence electrons. The van der Waals surface area contributed by atoms with Gasteiger partial charge in [-0.1, -0.05) is 6.07 Å². The maximum Gasteiger partial charge on any atom is 0.338 e. The molecule has 0 atom stereocenters. The molecule has 1 aromatic heterocycles. The first-order valence-electron chi connectivity index (χ1n) is 7.01. The average molecular weight is 287 g/mol. The summed E-state index contributed by atoms with van der Waals surface area (Å²) < 4.78 is 4.71. The topological polar surface area (TPSA) is 75.3 Å². The number of nitrogens with zero attached hydrogens (tertiary/aromatic N) is 2. The summed E-state index contributed by atoms with van der Waals surface area (Å²) in [6, 6.07) is 5.02. The Morgan fingerprint density at radius 3 is 2.86 bits per heavy atom. The molecule has 6 heteroatoms. The fourth-order valence-electron chi connectivity index (χ4n) is 2.75. The number of carbonyl (C=O) groups excluding carboxylic acids is 1. The largest absolute Gasteiger partial charge is 0.465 e. The number of H-pyrrole nitrogens is 1. The van der Waals surface area contributed by atoms with Crippen molar-refractivity contribution in [1.82, 2.24) is 14.9 Å². The summed E-state index contributed by atoms with van der Waals surface area (Å²) >= 11 is 0. The molecule has 0 spiro atoms. The van der Waals surface area contributed by atoms with Crippen molar-refractivity contribution in [3.63, 3.8) is 0 Å². The molecule has 0 radical (unpaired) electrons. The third-order valence-electron chi connectivity index (χ3n) is 3.76. The van der Waals surface area contributed by atoms with E-state index in [1.807, 2.05) is 0 Å². The van der Waals surface area contributed by atoms with E-state index >= 15 is 0 Å². The van der Waals surface area contributed by atoms with Gasteiger partial charge in [-0.3, -0.25) is 9.69 Å². The van der Waals surface area contributed by atoms with Crippen LogP contribution in [-0.2, 0) is 11.3 Å². The van der Waals surface area contributed by atoms with Crippen LogP contribution in [-0.4, -0.2) is 41.0 Å². The molecular formula is C15H17N3O3. The minimum absolute atomic E-state index is 0.247. The zero-order chi connectivity index (χ0) is 14.8. The number of nitrogens with one attached hydrogen (secondary N) is 1. The third kappa shape index (κ3) is 2.67. The van der Waals surface area contributed by atoms with Crippen LogP contribution in [0.15, 0.2) is 23.0 Å². The van der Waals surface area contributed by atoms with Crippen LogP contribution in [0.1, 0.15) is 29.0 Å². The molecule has 3 rings (SSSR count). The molecule has 2 aromatic rings. The van der Waals surface area contributed by atoms with Crippen molar-refractivity contribution in [2.75, 3.05) is 20.2 Å². The fourth-order valence-corrected chi connectivity index (χ4v) is 2.75. The molecule has 6 nitrogen and oxygen atoms in total. The van der Waals surface area contributed by atoms with Crippen LogP contribution < -0.4 is 5.56 Å². The van der Waals surface area contributed by atoms with Gasteiger partial charge in [0.05, 0.1) is 30.1 Å². The van der Waals surface area contributed by atoms with Gasteiger partial charge in [0.25, 0.3) is 5.56 Å². The molecule has 1 saturated heterocycles. The summed E-state index contributed by atoms with van der Waals surface area (Å²) in [4.78, 5) is 33.5. The van der Waals surface area contributed by atoms with Crippen LogP contribution in [0.25, 0.3) is 10.9 Å². The summed E-state index contributed by atoms with van der Waals surface area (Å²) in [5, 5.41) is 0.287. The molecule has 0 aliphatic carbocycles. The van der Waals surface area contributed by atoms with Crippen molar-refractivity contribution in [1.29, 1.82) is 0 Å².